The molecule has 3 aromatic heterocycles. The number of rotatable bonds is 11. The SMILES string of the molecule is COc1cnc2ccc(=O)n(CC(NS(=O)(=O)c3ccccc3[N+](=O)[O-])C3CCC(NCc4ncc5c(n4)NC(=O)CO5)CC3)c2c1. The van der Waals surface area contributed by atoms with Crippen LogP contribution in [0.1, 0.15) is 31.5 Å². The number of nitro groups is 1. The van der Waals surface area contributed by atoms with Gasteiger partial charge in [0.25, 0.3) is 17.2 Å². The number of hydrogen-bond donors (Lipinski definition) is 3. The molecular formula is C30H32N8O8S. The number of nitrogens with one attached hydrogen (secondary N) is 3. The summed E-state index contributed by atoms with van der Waals surface area (Å²) < 4.78 is 42.2. The van der Waals surface area contributed by atoms with E-state index >= 15 is 0 Å². The number of hydrogen-bond acceptors (Lipinski definition) is 12. The summed E-state index contributed by atoms with van der Waals surface area (Å²) in [5.74, 6) is 1.13. The summed E-state index contributed by atoms with van der Waals surface area (Å²) >= 11 is 0. The van der Waals surface area contributed by atoms with Crippen molar-refractivity contribution in [3.63, 3.8) is 0 Å². The van der Waals surface area contributed by atoms with Crippen molar-refractivity contribution in [3.05, 3.63) is 81.2 Å². The van der Waals surface area contributed by atoms with Crippen LogP contribution in [-0.4, -0.2) is 64.6 Å². The highest BCUT2D eigenvalue weighted by Gasteiger charge is 2.34. The topological polar surface area (TPSA) is 210 Å². The number of nitrogens with zero attached hydrogens (tertiary/aromatic N) is 5. The molecule has 3 N–H and O–H groups in total. The molecule has 0 saturated heterocycles. The van der Waals surface area contributed by atoms with Crippen molar-refractivity contribution in [1.29, 1.82) is 0 Å². The Bertz CT molecular complexity index is 2000. The molecule has 1 amide bonds. The molecular weight excluding hydrogens is 632 g/mol. The normalized spacial score (nSPS) is 18.5. The number of aromatic nitrogens is 4. The Morgan fingerprint density at radius 1 is 1.13 bits per heavy atom. The van der Waals surface area contributed by atoms with Crippen molar-refractivity contribution >= 4 is 38.5 Å². The van der Waals surface area contributed by atoms with Gasteiger partial charge in [0, 0.05) is 36.8 Å². The van der Waals surface area contributed by atoms with E-state index in [4.69, 9.17) is 9.47 Å². The maximum Gasteiger partial charge on any atom is 0.289 e. The fourth-order valence-corrected chi connectivity index (χ4v) is 7.45. The maximum absolute atomic E-state index is 13.7. The lowest BCUT2D eigenvalue weighted by Crippen LogP contribution is -2.47. The number of ether oxygens (including phenoxy) is 2. The number of nitro benzene ring substituents is 1. The molecule has 6 rings (SSSR count). The van der Waals surface area contributed by atoms with Crippen LogP contribution in [0.25, 0.3) is 11.0 Å². The van der Waals surface area contributed by atoms with Crippen molar-refractivity contribution in [3.8, 4) is 11.5 Å². The molecule has 4 aromatic rings. The van der Waals surface area contributed by atoms with E-state index in [2.05, 4.69) is 30.3 Å². The third kappa shape index (κ3) is 7.06. The van der Waals surface area contributed by atoms with Gasteiger partial charge in [-0.15, -0.1) is 0 Å². The van der Waals surface area contributed by atoms with Crippen LogP contribution in [0.3, 0.4) is 0 Å². The van der Waals surface area contributed by atoms with Gasteiger partial charge in [0.2, 0.25) is 10.0 Å². The van der Waals surface area contributed by atoms with Crippen molar-refractivity contribution < 1.29 is 27.6 Å². The molecule has 246 valence electrons. The van der Waals surface area contributed by atoms with Crippen LogP contribution in [0, 0.1) is 16.0 Å². The Morgan fingerprint density at radius 2 is 1.91 bits per heavy atom. The van der Waals surface area contributed by atoms with Gasteiger partial charge in [0.15, 0.2) is 23.1 Å². The number of carbonyl (C=O) groups is 1. The number of fused-ring (bicyclic) bond motifs is 2. The highest BCUT2D eigenvalue weighted by atomic mass is 32.2. The minimum absolute atomic E-state index is 0.0373. The van der Waals surface area contributed by atoms with E-state index in [0.717, 1.165) is 6.07 Å². The van der Waals surface area contributed by atoms with Crippen molar-refractivity contribution in [1.82, 2.24) is 29.6 Å². The second-order valence-electron chi connectivity index (χ2n) is 11.3. The Hall–Kier alpha value is -5.00. The number of methoxy groups -OCH3 is 1. The number of para-hydroxylation sites is 1. The lowest BCUT2D eigenvalue weighted by atomic mass is 9.81. The largest absolute Gasteiger partial charge is 0.495 e. The molecule has 2 aliphatic rings. The van der Waals surface area contributed by atoms with Crippen LogP contribution in [0.15, 0.2) is 64.5 Å². The minimum atomic E-state index is -4.37. The third-order valence-corrected chi connectivity index (χ3v) is 9.93. The summed E-state index contributed by atoms with van der Waals surface area (Å²) in [6, 6.07) is 9.06. The lowest BCUT2D eigenvalue weighted by Gasteiger charge is -2.35. The Labute approximate surface area is 268 Å². The monoisotopic (exact) mass is 664 g/mol. The van der Waals surface area contributed by atoms with Gasteiger partial charge in [-0.2, -0.15) is 0 Å². The molecule has 1 atom stereocenters. The van der Waals surface area contributed by atoms with E-state index in [-0.39, 0.29) is 36.6 Å². The lowest BCUT2D eigenvalue weighted by molar-refractivity contribution is -0.387. The zero-order valence-corrected chi connectivity index (χ0v) is 26.1. The molecule has 17 heteroatoms. The first-order valence-electron chi connectivity index (χ1n) is 14.9. The first kappa shape index (κ1) is 32.0. The van der Waals surface area contributed by atoms with Crippen LogP contribution in [0.5, 0.6) is 11.5 Å². The molecule has 1 aromatic carbocycles. The number of anilines is 1. The highest BCUT2D eigenvalue weighted by Crippen LogP contribution is 2.31. The molecule has 1 unspecified atom stereocenters. The number of sulfonamides is 1. The molecule has 1 saturated carbocycles. The van der Waals surface area contributed by atoms with Gasteiger partial charge in [0.1, 0.15) is 11.6 Å². The van der Waals surface area contributed by atoms with Crippen LogP contribution in [0.4, 0.5) is 11.5 Å². The molecule has 0 radical (unpaired) electrons. The zero-order valence-electron chi connectivity index (χ0n) is 25.3. The fraction of sp³-hybridized carbons (Fsp3) is 0.367. The average Bonchev–Trinajstić information content (AvgIpc) is 3.07. The summed E-state index contributed by atoms with van der Waals surface area (Å²) in [6.45, 7) is 0.216. The standard InChI is InChI=1S/C30H32N8O8S/c1-45-20-12-24-21(32-13-20)10-11-29(40)37(24)16-22(36-47(43,44)26-5-3-2-4-23(26)38(41)42)18-6-8-19(9-7-18)31-15-27-33-14-25-30(34-27)35-28(39)17-46-25/h2-5,10-14,18-19,22,31,36H,6-9,15-17H2,1H3,(H,33,34,35,39). The van der Waals surface area contributed by atoms with E-state index < -0.39 is 31.6 Å². The summed E-state index contributed by atoms with van der Waals surface area (Å²) in [5, 5.41) is 17.8. The van der Waals surface area contributed by atoms with Gasteiger partial charge >= 0.3 is 0 Å². The van der Waals surface area contributed by atoms with Gasteiger partial charge < -0.3 is 24.7 Å². The summed E-state index contributed by atoms with van der Waals surface area (Å²) in [6.07, 6.45) is 5.59. The van der Waals surface area contributed by atoms with Crippen LogP contribution in [-0.2, 0) is 27.9 Å². The first-order valence-corrected chi connectivity index (χ1v) is 16.4. The number of amides is 1. The van der Waals surface area contributed by atoms with E-state index in [1.54, 1.807) is 12.1 Å². The van der Waals surface area contributed by atoms with E-state index in [1.807, 2.05) is 0 Å². The van der Waals surface area contributed by atoms with Crippen molar-refractivity contribution in [2.24, 2.45) is 5.92 Å². The molecule has 0 spiro atoms. The van der Waals surface area contributed by atoms with Gasteiger partial charge in [-0.25, -0.2) is 23.1 Å². The molecule has 47 heavy (non-hydrogen) atoms. The third-order valence-electron chi connectivity index (χ3n) is 8.40. The predicted octanol–water partition coefficient (Wildman–Crippen LogP) is 2.13. The second kappa shape index (κ2) is 13.4. The van der Waals surface area contributed by atoms with E-state index in [9.17, 15) is 28.1 Å². The molecule has 4 heterocycles. The van der Waals surface area contributed by atoms with E-state index in [0.29, 0.717) is 66.4 Å². The van der Waals surface area contributed by atoms with Crippen molar-refractivity contribution in [2.75, 3.05) is 19.0 Å². The average molecular weight is 665 g/mol. The Balaban J connectivity index is 1.23. The van der Waals surface area contributed by atoms with Crippen LogP contribution < -0.4 is 30.4 Å². The summed E-state index contributed by atoms with van der Waals surface area (Å²) in [5.41, 5.74) is 0.0887. The zero-order chi connectivity index (χ0) is 33.1. The van der Waals surface area contributed by atoms with Gasteiger partial charge in [-0.1, -0.05) is 12.1 Å². The molecule has 0 bridgehead atoms. The van der Waals surface area contributed by atoms with Crippen molar-refractivity contribution in [2.45, 2.75) is 55.8 Å². The summed E-state index contributed by atoms with van der Waals surface area (Å²) in [7, 11) is -2.89. The number of benzene rings is 1. The van der Waals surface area contributed by atoms with Gasteiger partial charge in [-0.3, -0.25) is 24.7 Å². The van der Waals surface area contributed by atoms with Gasteiger partial charge in [0.05, 0.1) is 42.0 Å². The van der Waals surface area contributed by atoms with Gasteiger partial charge in [-0.05, 0) is 43.7 Å². The molecule has 1 aliphatic carbocycles. The minimum Gasteiger partial charge on any atom is -0.495 e. The van der Waals surface area contributed by atoms with E-state index in [1.165, 1.54) is 48.3 Å². The number of carbonyl (C=O) groups excluding carboxylic acids is 1. The Morgan fingerprint density at radius 3 is 2.68 bits per heavy atom. The molecule has 1 fully saturated rings. The number of pyridine rings is 2. The van der Waals surface area contributed by atoms with Crippen LogP contribution in [0.2, 0.25) is 0 Å². The first-order chi connectivity index (χ1) is 22.6. The quantitative estimate of drug-likeness (QED) is 0.156. The summed E-state index contributed by atoms with van der Waals surface area (Å²) in [4.78, 5) is 48.4. The molecule has 16 nitrogen and oxygen atoms in total. The molecule has 1 aliphatic heterocycles. The maximum atomic E-state index is 13.7. The smallest absolute Gasteiger partial charge is 0.289 e. The second-order valence-corrected chi connectivity index (χ2v) is 13.0. The highest BCUT2D eigenvalue weighted by molar-refractivity contribution is 7.89. The van der Waals surface area contributed by atoms with Crippen LogP contribution >= 0.6 is 0 Å². The predicted molar refractivity (Wildman–Crippen MR) is 169 cm³/mol. The fourth-order valence-electron chi connectivity index (χ4n) is 5.99. The Kier molecular flexibility index (Phi) is 9.10.